The van der Waals surface area contributed by atoms with Gasteiger partial charge >= 0.3 is 0 Å². The molecule has 1 aromatic carbocycles. The first-order valence-corrected chi connectivity index (χ1v) is 11.0. The lowest BCUT2D eigenvalue weighted by Gasteiger charge is -2.06. The van der Waals surface area contributed by atoms with Crippen LogP contribution in [0.3, 0.4) is 0 Å². The fourth-order valence-corrected chi connectivity index (χ4v) is 4.27. The minimum atomic E-state index is -0.292. The van der Waals surface area contributed by atoms with Crippen LogP contribution < -0.4 is 10.6 Å². The fraction of sp³-hybridized carbons (Fsp3) is 0.143. The van der Waals surface area contributed by atoms with Gasteiger partial charge in [0.1, 0.15) is 5.76 Å². The first kappa shape index (κ1) is 20.9. The molecule has 0 radical (unpaired) electrons. The number of carbonyl (C=O) groups excluding carboxylic acids is 2. The summed E-state index contributed by atoms with van der Waals surface area (Å²) in [6.07, 6.45) is 5.22. The van der Waals surface area contributed by atoms with Crippen LogP contribution in [0.1, 0.15) is 21.8 Å². The lowest BCUT2D eigenvalue weighted by molar-refractivity contribution is -0.115. The molecule has 3 heterocycles. The Hall–Kier alpha value is -3.37. The predicted molar refractivity (Wildman–Crippen MR) is 120 cm³/mol. The van der Waals surface area contributed by atoms with Gasteiger partial charge in [0.15, 0.2) is 10.3 Å². The molecule has 0 aliphatic carbocycles. The van der Waals surface area contributed by atoms with Gasteiger partial charge in [-0.25, -0.2) is 9.97 Å². The third-order valence-electron chi connectivity index (χ3n) is 4.34. The first-order chi connectivity index (χ1) is 15.0. The first-order valence-electron chi connectivity index (χ1n) is 9.33. The minimum absolute atomic E-state index is 0.112. The Balaban J connectivity index is 1.30. The van der Waals surface area contributed by atoms with Crippen LogP contribution in [0.5, 0.6) is 0 Å². The van der Waals surface area contributed by atoms with Crippen molar-refractivity contribution in [2.24, 2.45) is 7.05 Å². The summed E-state index contributed by atoms with van der Waals surface area (Å²) in [6, 6.07) is 9.17. The molecule has 2 amide bonds. The number of rotatable bonds is 7. The fourth-order valence-electron chi connectivity index (χ4n) is 2.76. The number of nitrogens with zero attached hydrogens (tertiary/aromatic N) is 3. The number of aryl methyl sites for hydroxylation is 2. The van der Waals surface area contributed by atoms with Crippen molar-refractivity contribution in [3.63, 3.8) is 0 Å². The SMILES string of the molecule is Cc1occc1C(=O)Nc1nc(CC(=O)Nc2ccc(Sc3nccn3C)cc2)cs1. The molecule has 0 aliphatic heterocycles. The van der Waals surface area contributed by atoms with Gasteiger partial charge in [-0.15, -0.1) is 11.3 Å². The molecular weight excluding hydrogens is 434 g/mol. The van der Waals surface area contributed by atoms with Crippen molar-refractivity contribution < 1.29 is 14.0 Å². The van der Waals surface area contributed by atoms with Gasteiger partial charge in [-0.2, -0.15) is 0 Å². The molecule has 158 valence electrons. The average molecular weight is 454 g/mol. The van der Waals surface area contributed by atoms with Crippen molar-refractivity contribution in [2.75, 3.05) is 10.6 Å². The molecule has 4 rings (SSSR count). The molecule has 2 N–H and O–H groups in total. The summed E-state index contributed by atoms with van der Waals surface area (Å²) in [6.45, 7) is 1.72. The molecule has 31 heavy (non-hydrogen) atoms. The van der Waals surface area contributed by atoms with E-state index in [1.165, 1.54) is 17.6 Å². The Labute approximate surface area is 186 Å². The van der Waals surface area contributed by atoms with Gasteiger partial charge in [0.05, 0.1) is 23.9 Å². The molecule has 0 aliphatic rings. The van der Waals surface area contributed by atoms with Crippen LogP contribution in [0.15, 0.2) is 68.8 Å². The van der Waals surface area contributed by atoms with Crippen LogP contribution in [0.2, 0.25) is 0 Å². The number of anilines is 2. The van der Waals surface area contributed by atoms with Crippen molar-refractivity contribution in [1.82, 2.24) is 14.5 Å². The molecule has 0 bridgehead atoms. The van der Waals surface area contributed by atoms with Crippen molar-refractivity contribution in [2.45, 2.75) is 23.4 Å². The van der Waals surface area contributed by atoms with E-state index in [0.717, 1.165) is 10.1 Å². The number of thiazole rings is 1. The summed E-state index contributed by atoms with van der Waals surface area (Å²) in [5.41, 5.74) is 1.75. The Kier molecular flexibility index (Phi) is 6.19. The monoisotopic (exact) mass is 453 g/mol. The molecule has 0 atom stereocenters. The van der Waals surface area contributed by atoms with E-state index < -0.39 is 0 Å². The van der Waals surface area contributed by atoms with Gasteiger partial charge in [0.25, 0.3) is 5.91 Å². The van der Waals surface area contributed by atoms with Gasteiger partial charge in [0, 0.05) is 35.4 Å². The van der Waals surface area contributed by atoms with Gasteiger partial charge < -0.3 is 14.3 Å². The summed E-state index contributed by atoms with van der Waals surface area (Å²) in [4.78, 5) is 34.2. The zero-order chi connectivity index (χ0) is 21.8. The van der Waals surface area contributed by atoms with Crippen molar-refractivity contribution in [3.05, 3.63) is 71.4 Å². The highest BCUT2D eigenvalue weighted by Gasteiger charge is 2.14. The van der Waals surface area contributed by atoms with E-state index in [9.17, 15) is 9.59 Å². The number of hydrogen-bond acceptors (Lipinski definition) is 7. The number of nitrogens with one attached hydrogen (secondary N) is 2. The molecule has 0 unspecified atom stereocenters. The quantitative estimate of drug-likeness (QED) is 0.431. The van der Waals surface area contributed by atoms with Crippen molar-refractivity contribution >= 4 is 45.7 Å². The number of carbonyl (C=O) groups is 2. The van der Waals surface area contributed by atoms with Crippen LogP contribution in [0.25, 0.3) is 0 Å². The smallest absolute Gasteiger partial charge is 0.260 e. The summed E-state index contributed by atoms with van der Waals surface area (Å²) >= 11 is 2.82. The minimum Gasteiger partial charge on any atom is -0.469 e. The number of furan rings is 1. The van der Waals surface area contributed by atoms with E-state index in [1.54, 1.807) is 36.3 Å². The van der Waals surface area contributed by atoms with E-state index >= 15 is 0 Å². The van der Waals surface area contributed by atoms with E-state index in [0.29, 0.717) is 27.8 Å². The van der Waals surface area contributed by atoms with Crippen LogP contribution in [0.4, 0.5) is 10.8 Å². The number of benzene rings is 1. The second-order valence-electron chi connectivity index (χ2n) is 6.66. The third-order valence-corrected chi connectivity index (χ3v) is 6.23. The van der Waals surface area contributed by atoms with Gasteiger partial charge in [-0.1, -0.05) is 11.8 Å². The maximum Gasteiger partial charge on any atom is 0.260 e. The van der Waals surface area contributed by atoms with Gasteiger partial charge in [-0.05, 0) is 37.3 Å². The Bertz CT molecular complexity index is 1210. The molecule has 4 aromatic rings. The van der Waals surface area contributed by atoms with Crippen LogP contribution in [-0.2, 0) is 18.3 Å². The van der Waals surface area contributed by atoms with Crippen LogP contribution in [0, 0.1) is 6.92 Å². The van der Waals surface area contributed by atoms with E-state index in [2.05, 4.69) is 20.6 Å². The Morgan fingerprint density at radius 1 is 1.19 bits per heavy atom. The van der Waals surface area contributed by atoms with Crippen LogP contribution in [-0.4, -0.2) is 26.3 Å². The second-order valence-corrected chi connectivity index (χ2v) is 8.56. The number of imidazole rings is 1. The highest BCUT2D eigenvalue weighted by Crippen LogP contribution is 2.27. The highest BCUT2D eigenvalue weighted by molar-refractivity contribution is 7.99. The Morgan fingerprint density at radius 3 is 2.68 bits per heavy atom. The van der Waals surface area contributed by atoms with E-state index in [4.69, 9.17) is 4.42 Å². The van der Waals surface area contributed by atoms with Gasteiger partial charge in [0.2, 0.25) is 5.91 Å². The molecular formula is C21H19N5O3S2. The lowest BCUT2D eigenvalue weighted by atomic mass is 10.2. The summed E-state index contributed by atoms with van der Waals surface area (Å²) < 4.78 is 7.09. The molecule has 0 spiro atoms. The maximum absolute atomic E-state index is 12.4. The Morgan fingerprint density at radius 2 is 2.00 bits per heavy atom. The predicted octanol–water partition coefficient (Wildman–Crippen LogP) is 4.36. The summed E-state index contributed by atoms with van der Waals surface area (Å²) in [7, 11) is 1.94. The normalized spacial score (nSPS) is 10.8. The standard InChI is InChI=1S/C21H19N5O3S2/c1-13-17(7-10-29-13)19(28)25-20-24-15(12-30-20)11-18(27)23-14-3-5-16(6-4-14)31-21-22-8-9-26(21)2/h3-10,12H,11H2,1-2H3,(H,23,27)(H,24,25,28). The third kappa shape index (κ3) is 5.22. The molecule has 3 aromatic heterocycles. The highest BCUT2D eigenvalue weighted by atomic mass is 32.2. The number of aromatic nitrogens is 3. The molecule has 0 saturated carbocycles. The second kappa shape index (κ2) is 9.19. The largest absolute Gasteiger partial charge is 0.469 e. The zero-order valence-electron chi connectivity index (χ0n) is 16.8. The number of amides is 2. The zero-order valence-corrected chi connectivity index (χ0v) is 18.4. The average Bonchev–Trinajstić information content (AvgIpc) is 3.46. The topological polar surface area (TPSA) is 102 Å². The van der Waals surface area contributed by atoms with Crippen LogP contribution >= 0.6 is 23.1 Å². The van der Waals surface area contributed by atoms with Crippen molar-refractivity contribution in [1.29, 1.82) is 0 Å². The molecule has 8 nitrogen and oxygen atoms in total. The molecule has 10 heteroatoms. The maximum atomic E-state index is 12.4. The molecule has 0 saturated heterocycles. The summed E-state index contributed by atoms with van der Waals surface area (Å²) in [5, 5.41) is 8.67. The molecule has 0 fully saturated rings. The van der Waals surface area contributed by atoms with E-state index in [1.807, 2.05) is 42.1 Å². The lowest BCUT2D eigenvalue weighted by Crippen LogP contribution is -2.15. The number of hydrogen-bond donors (Lipinski definition) is 2. The van der Waals surface area contributed by atoms with Crippen molar-refractivity contribution in [3.8, 4) is 0 Å². The van der Waals surface area contributed by atoms with Gasteiger partial charge in [-0.3, -0.25) is 14.9 Å². The van der Waals surface area contributed by atoms with E-state index in [-0.39, 0.29) is 18.2 Å². The summed E-state index contributed by atoms with van der Waals surface area (Å²) in [5.74, 6) is 0.0662.